The summed E-state index contributed by atoms with van der Waals surface area (Å²) in [5.74, 6) is 0.672. The highest BCUT2D eigenvalue weighted by Gasteiger charge is 2.17. The summed E-state index contributed by atoms with van der Waals surface area (Å²) in [7, 11) is 0. The molecule has 0 aliphatic heterocycles. The molecule has 0 heterocycles. The van der Waals surface area contributed by atoms with E-state index >= 15 is 0 Å². The number of oxime groups is 1. The molecule has 0 bridgehead atoms. The van der Waals surface area contributed by atoms with Crippen LogP contribution < -0.4 is 0 Å². The maximum Gasteiger partial charge on any atom is 0.142 e. The van der Waals surface area contributed by atoms with Crippen LogP contribution in [0.25, 0.3) is 6.08 Å². The Morgan fingerprint density at radius 1 is 1.04 bits per heavy atom. The van der Waals surface area contributed by atoms with Crippen LogP contribution in [0.3, 0.4) is 0 Å². The van der Waals surface area contributed by atoms with Crippen molar-refractivity contribution in [3.05, 3.63) is 77.4 Å². The quantitative estimate of drug-likeness (QED) is 0.478. The molecule has 1 fully saturated rings. The minimum absolute atomic E-state index is 0.476. The SMILES string of the molecule is C=Cc1cccc(CON=Cc2ccccc2C2CCCCC2)c1. The van der Waals surface area contributed by atoms with E-state index in [-0.39, 0.29) is 0 Å². The van der Waals surface area contributed by atoms with Gasteiger partial charge in [0.25, 0.3) is 0 Å². The molecule has 24 heavy (non-hydrogen) atoms. The maximum atomic E-state index is 5.50. The fraction of sp³-hybridized carbons (Fsp3) is 0.318. The van der Waals surface area contributed by atoms with Gasteiger partial charge in [-0.25, -0.2) is 0 Å². The fourth-order valence-electron chi connectivity index (χ4n) is 3.43. The summed E-state index contributed by atoms with van der Waals surface area (Å²) in [6.07, 6.45) is 10.3. The molecule has 2 aromatic rings. The molecule has 1 aliphatic rings. The largest absolute Gasteiger partial charge is 0.391 e. The molecule has 0 saturated heterocycles. The second-order valence-corrected chi connectivity index (χ2v) is 6.42. The Labute approximate surface area is 144 Å². The van der Waals surface area contributed by atoms with E-state index in [2.05, 4.69) is 42.1 Å². The Balaban J connectivity index is 1.63. The van der Waals surface area contributed by atoms with Crippen molar-refractivity contribution >= 4 is 12.3 Å². The lowest BCUT2D eigenvalue weighted by atomic mass is 9.82. The molecule has 0 spiro atoms. The van der Waals surface area contributed by atoms with Crippen molar-refractivity contribution in [1.29, 1.82) is 0 Å². The van der Waals surface area contributed by atoms with Gasteiger partial charge in [-0.1, -0.05) is 79.5 Å². The highest BCUT2D eigenvalue weighted by atomic mass is 16.6. The molecule has 0 amide bonds. The minimum Gasteiger partial charge on any atom is -0.391 e. The van der Waals surface area contributed by atoms with E-state index in [1.165, 1.54) is 43.2 Å². The molecule has 124 valence electrons. The molecule has 1 aliphatic carbocycles. The van der Waals surface area contributed by atoms with Crippen molar-refractivity contribution in [2.24, 2.45) is 5.16 Å². The zero-order valence-electron chi connectivity index (χ0n) is 14.2. The molecule has 0 unspecified atom stereocenters. The van der Waals surface area contributed by atoms with Gasteiger partial charge in [-0.3, -0.25) is 0 Å². The van der Waals surface area contributed by atoms with E-state index in [1.807, 2.05) is 30.5 Å². The summed E-state index contributed by atoms with van der Waals surface area (Å²) in [6.45, 7) is 4.27. The molecule has 0 radical (unpaired) electrons. The Bertz CT molecular complexity index is 699. The normalized spacial score (nSPS) is 15.5. The lowest BCUT2D eigenvalue weighted by Gasteiger charge is -2.23. The summed E-state index contributed by atoms with van der Waals surface area (Å²) in [4.78, 5) is 5.50. The number of hydrogen-bond acceptors (Lipinski definition) is 2. The van der Waals surface area contributed by atoms with Gasteiger partial charge in [0.05, 0.1) is 6.21 Å². The predicted octanol–water partition coefficient (Wildman–Crippen LogP) is 5.93. The van der Waals surface area contributed by atoms with Crippen LogP contribution in [0.2, 0.25) is 0 Å². The van der Waals surface area contributed by atoms with Gasteiger partial charge in [0.1, 0.15) is 6.61 Å². The summed E-state index contributed by atoms with van der Waals surface area (Å²) in [5, 5.41) is 4.20. The van der Waals surface area contributed by atoms with Crippen molar-refractivity contribution in [3.63, 3.8) is 0 Å². The van der Waals surface area contributed by atoms with E-state index < -0.39 is 0 Å². The van der Waals surface area contributed by atoms with Gasteiger partial charge in [-0.15, -0.1) is 0 Å². The van der Waals surface area contributed by atoms with Gasteiger partial charge in [-0.2, -0.15) is 0 Å². The Morgan fingerprint density at radius 3 is 2.71 bits per heavy atom. The first kappa shape index (κ1) is 16.5. The molecule has 2 nitrogen and oxygen atoms in total. The van der Waals surface area contributed by atoms with Crippen molar-refractivity contribution < 1.29 is 4.84 Å². The number of rotatable bonds is 6. The van der Waals surface area contributed by atoms with Gasteiger partial charge in [0.15, 0.2) is 0 Å². The fourth-order valence-corrected chi connectivity index (χ4v) is 3.43. The lowest BCUT2D eigenvalue weighted by molar-refractivity contribution is 0.132. The maximum absolute atomic E-state index is 5.50. The monoisotopic (exact) mass is 319 g/mol. The van der Waals surface area contributed by atoms with Crippen LogP contribution >= 0.6 is 0 Å². The highest BCUT2D eigenvalue weighted by molar-refractivity contribution is 5.81. The second-order valence-electron chi connectivity index (χ2n) is 6.42. The van der Waals surface area contributed by atoms with Gasteiger partial charge in [0, 0.05) is 0 Å². The van der Waals surface area contributed by atoms with Crippen LogP contribution in [0, 0.1) is 0 Å². The molecule has 0 aromatic heterocycles. The molecule has 0 atom stereocenters. The third-order valence-corrected chi connectivity index (χ3v) is 4.73. The first-order valence-corrected chi connectivity index (χ1v) is 8.82. The lowest BCUT2D eigenvalue weighted by Crippen LogP contribution is -2.07. The number of hydrogen-bond donors (Lipinski definition) is 0. The van der Waals surface area contributed by atoms with Crippen molar-refractivity contribution in [2.45, 2.75) is 44.6 Å². The van der Waals surface area contributed by atoms with Crippen molar-refractivity contribution in [2.75, 3.05) is 0 Å². The summed E-state index contributed by atoms with van der Waals surface area (Å²) >= 11 is 0. The molecular formula is C22H25NO. The topological polar surface area (TPSA) is 21.6 Å². The Kier molecular flexibility index (Phi) is 5.84. The third kappa shape index (κ3) is 4.35. The molecular weight excluding hydrogens is 294 g/mol. The standard InChI is InChI=1S/C22H25NO/c1-2-18-9-8-10-19(15-18)17-24-23-16-21-13-6-7-14-22(21)20-11-4-3-5-12-20/h2,6-10,13-16,20H,1,3-5,11-12,17H2. The Hall–Kier alpha value is -2.35. The average Bonchev–Trinajstić information content (AvgIpc) is 2.66. The smallest absolute Gasteiger partial charge is 0.142 e. The predicted molar refractivity (Wildman–Crippen MR) is 101 cm³/mol. The van der Waals surface area contributed by atoms with Crippen LogP contribution in [-0.4, -0.2) is 6.21 Å². The van der Waals surface area contributed by atoms with Gasteiger partial charge in [0.2, 0.25) is 0 Å². The molecule has 2 heteroatoms. The number of benzene rings is 2. The molecule has 0 N–H and O–H groups in total. The first-order chi connectivity index (χ1) is 11.9. The van der Waals surface area contributed by atoms with Crippen LogP contribution in [-0.2, 0) is 11.4 Å². The third-order valence-electron chi connectivity index (χ3n) is 4.73. The van der Waals surface area contributed by atoms with Crippen LogP contribution in [0.15, 0.2) is 60.3 Å². The first-order valence-electron chi connectivity index (χ1n) is 8.82. The van der Waals surface area contributed by atoms with E-state index in [0.717, 1.165) is 11.1 Å². The van der Waals surface area contributed by atoms with Gasteiger partial charge < -0.3 is 4.84 Å². The molecule has 1 saturated carbocycles. The molecule has 2 aromatic carbocycles. The van der Waals surface area contributed by atoms with Gasteiger partial charge >= 0.3 is 0 Å². The van der Waals surface area contributed by atoms with Crippen LogP contribution in [0.4, 0.5) is 0 Å². The summed E-state index contributed by atoms with van der Waals surface area (Å²) in [5.41, 5.74) is 4.80. The van der Waals surface area contributed by atoms with E-state index in [0.29, 0.717) is 12.5 Å². The summed E-state index contributed by atoms with van der Waals surface area (Å²) in [6, 6.07) is 16.7. The van der Waals surface area contributed by atoms with Crippen LogP contribution in [0.5, 0.6) is 0 Å². The van der Waals surface area contributed by atoms with E-state index in [4.69, 9.17) is 4.84 Å². The van der Waals surface area contributed by atoms with E-state index in [1.54, 1.807) is 0 Å². The molecule has 3 rings (SSSR count). The van der Waals surface area contributed by atoms with E-state index in [9.17, 15) is 0 Å². The zero-order valence-corrected chi connectivity index (χ0v) is 14.2. The Morgan fingerprint density at radius 2 is 1.88 bits per heavy atom. The summed E-state index contributed by atoms with van der Waals surface area (Å²) < 4.78 is 0. The zero-order chi connectivity index (χ0) is 16.6. The van der Waals surface area contributed by atoms with Crippen molar-refractivity contribution in [1.82, 2.24) is 0 Å². The number of nitrogens with zero attached hydrogens (tertiary/aromatic N) is 1. The van der Waals surface area contributed by atoms with Gasteiger partial charge in [-0.05, 0) is 47.1 Å². The minimum atomic E-state index is 0.476. The highest BCUT2D eigenvalue weighted by Crippen LogP contribution is 2.33. The van der Waals surface area contributed by atoms with Crippen LogP contribution in [0.1, 0.15) is 60.3 Å². The second kappa shape index (κ2) is 8.49. The average molecular weight is 319 g/mol. The van der Waals surface area contributed by atoms with Crippen molar-refractivity contribution in [3.8, 4) is 0 Å².